The second kappa shape index (κ2) is 7.20. The topological polar surface area (TPSA) is 43.4 Å². The number of ether oxygens (including phenoxy) is 1. The molecule has 0 aliphatic heterocycles. The van der Waals surface area contributed by atoms with Crippen molar-refractivity contribution in [3.8, 4) is 0 Å². The van der Waals surface area contributed by atoms with Gasteiger partial charge in [-0.2, -0.15) is 0 Å². The van der Waals surface area contributed by atoms with E-state index in [0.29, 0.717) is 12.8 Å². The number of esters is 1. The highest BCUT2D eigenvalue weighted by Crippen LogP contribution is 2.31. The first-order chi connectivity index (χ1) is 9.63. The summed E-state index contributed by atoms with van der Waals surface area (Å²) >= 11 is 2.27. The van der Waals surface area contributed by atoms with Crippen molar-refractivity contribution in [2.24, 2.45) is 11.8 Å². The van der Waals surface area contributed by atoms with E-state index in [-0.39, 0.29) is 23.6 Å². The molecule has 1 saturated carbocycles. The Labute approximate surface area is 133 Å². The summed E-state index contributed by atoms with van der Waals surface area (Å²) in [5.41, 5.74) is 1.11. The first-order valence-corrected chi connectivity index (χ1v) is 8.05. The number of halogens is 1. The van der Waals surface area contributed by atoms with Crippen LogP contribution in [0.1, 0.15) is 31.2 Å². The fraction of sp³-hybridized carbons (Fsp3) is 0.500. The van der Waals surface area contributed by atoms with Crippen molar-refractivity contribution >= 4 is 34.3 Å². The van der Waals surface area contributed by atoms with Gasteiger partial charge in [-0.3, -0.25) is 9.59 Å². The van der Waals surface area contributed by atoms with Crippen molar-refractivity contribution in [1.82, 2.24) is 0 Å². The van der Waals surface area contributed by atoms with E-state index in [1.54, 1.807) is 0 Å². The lowest BCUT2D eigenvalue weighted by Gasteiger charge is -2.27. The van der Waals surface area contributed by atoms with Crippen LogP contribution in [-0.2, 0) is 20.7 Å². The molecule has 20 heavy (non-hydrogen) atoms. The van der Waals surface area contributed by atoms with Gasteiger partial charge < -0.3 is 4.74 Å². The highest BCUT2D eigenvalue weighted by molar-refractivity contribution is 14.1. The van der Waals surface area contributed by atoms with E-state index < -0.39 is 0 Å². The van der Waals surface area contributed by atoms with Gasteiger partial charge in [0.1, 0.15) is 5.78 Å². The zero-order valence-corrected chi connectivity index (χ0v) is 13.8. The predicted molar refractivity (Wildman–Crippen MR) is 85.3 cm³/mol. The van der Waals surface area contributed by atoms with Gasteiger partial charge in [-0.15, -0.1) is 0 Å². The summed E-state index contributed by atoms with van der Waals surface area (Å²) in [5.74, 6) is -0.557. The van der Waals surface area contributed by atoms with Crippen molar-refractivity contribution in [2.75, 3.05) is 7.11 Å². The maximum Gasteiger partial charge on any atom is 0.309 e. The van der Waals surface area contributed by atoms with Crippen molar-refractivity contribution < 1.29 is 14.3 Å². The molecule has 0 spiro atoms. The summed E-state index contributed by atoms with van der Waals surface area (Å²) in [6, 6.07) is 7.98. The van der Waals surface area contributed by atoms with Gasteiger partial charge in [-0.05, 0) is 53.5 Å². The normalized spacial score (nSPS) is 20.5. The largest absolute Gasteiger partial charge is 0.469 e. The number of rotatable bonds is 4. The molecule has 3 nitrogen and oxygen atoms in total. The van der Waals surface area contributed by atoms with E-state index in [4.69, 9.17) is 4.74 Å². The zero-order chi connectivity index (χ0) is 14.5. The molecule has 0 radical (unpaired) electrons. The first-order valence-electron chi connectivity index (χ1n) is 6.97. The molecule has 0 amide bonds. The third-order valence-electron chi connectivity index (χ3n) is 3.99. The van der Waals surface area contributed by atoms with E-state index in [1.165, 1.54) is 7.11 Å². The molecule has 1 aliphatic carbocycles. The predicted octanol–water partition coefficient (Wildman–Crippen LogP) is 3.38. The van der Waals surface area contributed by atoms with E-state index in [0.717, 1.165) is 28.4 Å². The molecule has 1 fully saturated rings. The Bertz CT molecular complexity index is 498. The van der Waals surface area contributed by atoms with Crippen LogP contribution < -0.4 is 0 Å². The van der Waals surface area contributed by atoms with Crippen molar-refractivity contribution in [3.63, 3.8) is 0 Å². The van der Waals surface area contributed by atoms with Gasteiger partial charge in [-0.25, -0.2) is 0 Å². The van der Waals surface area contributed by atoms with Crippen LogP contribution in [0.5, 0.6) is 0 Å². The maximum absolute atomic E-state index is 12.1. The lowest BCUT2D eigenvalue weighted by Crippen LogP contribution is -2.34. The molecule has 0 bridgehead atoms. The standard InChI is InChI=1S/C16H19IO3/c1-20-16(19)13(12-7-3-5-9-15(12)18)10-11-6-2-4-8-14(11)17/h2,4,6,8,12-13H,3,5,7,9-10H2,1H3. The number of carbonyl (C=O) groups excluding carboxylic acids is 2. The molecule has 2 rings (SSSR count). The Kier molecular flexibility index (Phi) is 5.57. The molecule has 0 aromatic heterocycles. The number of hydrogen-bond acceptors (Lipinski definition) is 3. The molecule has 0 heterocycles. The van der Waals surface area contributed by atoms with Crippen LogP contribution in [0.2, 0.25) is 0 Å². The Morgan fingerprint density at radius 3 is 2.80 bits per heavy atom. The number of benzene rings is 1. The Hall–Kier alpha value is -0.910. The molecule has 4 heteroatoms. The molecule has 108 valence electrons. The highest BCUT2D eigenvalue weighted by atomic mass is 127. The summed E-state index contributed by atoms with van der Waals surface area (Å²) in [6.07, 6.45) is 3.97. The molecular weight excluding hydrogens is 367 g/mol. The molecule has 0 saturated heterocycles. The lowest BCUT2D eigenvalue weighted by atomic mass is 9.76. The summed E-state index contributed by atoms with van der Waals surface area (Å²) < 4.78 is 6.06. The van der Waals surface area contributed by atoms with Gasteiger partial charge in [0.15, 0.2) is 0 Å². The van der Waals surface area contributed by atoms with Gasteiger partial charge >= 0.3 is 5.97 Å². The van der Waals surface area contributed by atoms with Crippen LogP contribution in [0, 0.1) is 15.4 Å². The van der Waals surface area contributed by atoms with Crippen molar-refractivity contribution in [2.45, 2.75) is 32.1 Å². The van der Waals surface area contributed by atoms with Crippen molar-refractivity contribution in [1.29, 1.82) is 0 Å². The van der Waals surface area contributed by atoms with Gasteiger partial charge in [0.25, 0.3) is 0 Å². The highest BCUT2D eigenvalue weighted by Gasteiger charge is 2.35. The molecule has 2 atom stereocenters. The average molecular weight is 386 g/mol. The monoisotopic (exact) mass is 386 g/mol. The molecule has 1 aliphatic rings. The minimum Gasteiger partial charge on any atom is -0.469 e. The minimum absolute atomic E-state index is 0.174. The number of carbonyl (C=O) groups is 2. The van der Waals surface area contributed by atoms with Crippen molar-refractivity contribution in [3.05, 3.63) is 33.4 Å². The minimum atomic E-state index is -0.344. The first kappa shape index (κ1) is 15.5. The Morgan fingerprint density at radius 1 is 1.40 bits per heavy atom. The maximum atomic E-state index is 12.1. The lowest BCUT2D eigenvalue weighted by molar-refractivity contribution is -0.150. The fourth-order valence-electron chi connectivity index (χ4n) is 2.88. The molecular formula is C16H19IO3. The molecule has 2 unspecified atom stereocenters. The van der Waals surface area contributed by atoms with Gasteiger partial charge in [0.05, 0.1) is 13.0 Å². The smallest absolute Gasteiger partial charge is 0.309 e. The van der Waals surface area contributed by atoms with E-state index in [2.05, 4.69) is 22.6 Å². The number of methoxy groups -OCH3 is 1. The van der Waals surface area contributed by atoms with Crippen LogP contribution in [0.15, 0.2) is 24.3 Å². The van der Waals surface area contributed by atoms with Gasteiger partial charge in [-0.1, -0.05) is 24.6 Å². The third kappa shape index (κ3) is 3.59. The quantitative estimate of drug-likeness (QED) is 0.589. The Morgan fingerprint density at radius 2 is 2.15 bits per heavy atom. The summed E-state index contributed by atoms with van der Waals surface area (Å²) in [5, 5.41) is 0. The second-order valence-electron chi connectivity index (χ2n) is 5.24. The van der Waals surface area contributed by atoms with Crippen LogP contribution in [0.25, 0.3) is 0 Å². The molecule has 1 aromatic rings. The zero-order valence-electron chi connectivity index (χ0n) is 11.6. The number of Topliss-reactive ketones (excluding diaryl/α,β-unsaturated/α-hetero) is 1. The summed E-state index contributed by atoms with van der Waals surface area (Å²) in [7, 11) is 1.40. The van der Waals surface area contributed by atoms with Gasteiger partial charge in [0.2, 0.25) is 0 Å². The summed E-state index contributed by atoms with van der Waals surface area (Å²) in [6.45, 7) is 0. The van der Waals surface area contributed by atoms with Crippen LogP contribution in [0.4, 0.5) is 0 Å². The van der Waals surface area contributed by atoms with E-state index in [9.17, 15) is 9.59 Å². The van der Waals surface area contributed by atoms with Gasteiger partial charge in [0, 0.05) is 15.9 Å². The van der Waals surface area contributed by atoms with Crippen LogP contribution in [0.3, 0.4) is 0 Å². The van der Waals surface area contributed by atoms with Crippen LogP contribution in [-0.4, -0.2) is 18.9 Å². The van der Waals surface area contributed by atoms with E-state index >= 15 is 0 Å². The third-order valence-corrected chi connectivity index (χ3v) is 5.04. The van der Waals surface area contributed by atoms with E-state index in [1.807, 2.05) is 24.3 Å². The van der Waals surface area contributed by atoms with Crippen LogP contribution >= 0.6 is 22.6 Å². The number of hydrogen-bond donors (Lipinski definition) is 0. The molecule has 1 aromatic carbocycles. The summed E-state index contributed by atoms with van der Waals surface area (Å²) in [4.78, 5) is 24.2. The Balaban J connectivity index is 2.22. The number of ketones is 1. The average Bonchev–Trinajstić information content (AvgIpc) is 2.47. The fourth-order valence-corrected chi connectivity index (χ4v) is 3.49. The second-order valence-corrected chi connectivity index (χ2v) is 6.41. The SMILES string of the molecule is COC(=O)C(Cc1ccccc1I)C1CCCCC1=O. The molecule has 0 N–H and O–H groups in total.